The van der Waals surface area contributed by atoms with Crippen molar-refractivity contribution in [1.82, 2.24) is 4.98 Å². The number of rotatable bonds is 6. The zero-order valence-electron chi connectivity index (χ0n) is 11.4. The number of aromatic nitrogens is 1. The zero-order valence-corrected chi connectivity index (χ0v) is 12.2. The molecule has 112 valence electrons. The summed E-state index contributed by atoms with van der Waals surface area (Å²) < 4.78 is 10.0. The van der Waals surface area contributed by atoms with Crippen molar-refractivity contribution in [2.75, 3.05) is 13.2 Å². The molecule has 2 aromatic rings. The van der Waals surface area contributed by atoms with Gasteiger partial charge < -0.3 is 14.6 Å². The van der Waals surface area contributed by atoms with E-state index in [0.717, 1.165) is 16.9 Å². The van der Waals surface area contributed by atoms with Crippen LogP contribution in [-0.4, -0.2) is 29.3 Å². The highest BCUT2D eigenvalue weighted by atomic mass is 32.1. The van der Waals surface area contributed by atoms with Crippen LogP contribution >= 0.6 is 11.3 Å². The Kier molecular flexibility index (Phi) is 4.99. The number of H-pyrrole nitrogens is 1. The third-order valence-corrected chi connectivity index (χ3v) is 3.52. The van der Waals surface area contributed by atoms with Crippen molar-refractivity contribution in [3.05, 3.63) is 44.4 Å². The van der Waals surface area contributed by atoms with Gasteiger partial charge in [0.25, 0.3) is 0 Å². The summed E-state index contributed by atoms with van der Waals surface area (Å²) in [6.07, 6.45) is 0.452. The molecule has 0 bridgehead atoms. The standard InChI is InChI=1S/C14H15NO5S/c1-2-19-12(16)8-20-10-5-3-9(4-6-10)7-11-13(17)15-14(18)21-11/h3-6,17H,2,7-8H2,1H3,(H,15,18). The fraction of sp³-hybridized carbons (Fsp3) is 0.286. The molecule has 1 aromatic carbocycles. The number of thiazole rings is 1. The summed E-state index contributed by atoms with van der Waals surface area (Å²) in [7, 11) is 0. The molecule has 1 aromatic heterocycles. The van der Waals surface area contributed by atoms with Crippen LogP contribution in [0.25, 0.3) is 0 Å². The average Bonchev–Trinajstić information content (AvgIpc) is 2.76. The van der Waals surface area contributed by atoms with Crippen molar-refractivity contribution in [3.8, 4) is 11.6 Å². The highest BCUT2D eigenvalue weighted by Crippen LogP contribution is 2.21. The molecular weight excluding hydrogens is 294 g/mol. The molecule has 0 radical (unpaired) electrons. The third-order valence-electron chi connectivity index (χ3n) is 2.65. The molecule has 0 saturated carbocycles. The molecule has 0 spiro atoms. The van der Waals surface area contributed by atoms with Gasteiger partial charge >= 0.3 is 10.8 Å². The van der Waals surface area contributed by atoms with Crippen LogP contribution in [0, 0.1) is 0 Å². The number of nitrogens with one attached hydrogen (secondary N) is 1. The van der Waals surface area contributed by atoms with Gasteiger partial charge in [0.05, 0.1) is 11.5 Å². The Bertz CT molecular complexity index is 659. The summed E-state index contributed by atoms with van der Waals surface area (Å²) >= 11 is 0.979. The molecule has 2 rings (SSSR count). The molecule has 7 heteroatoms. The van der Waals surface area contributed by atoms with E-state index in [-0.39, 0.29) is 17.4 Å². The SMILES string of the molecule is CCOC(=O)COc1ccc(Cc2sc(=O)[nH]c2O)cc1. The molecule has 0 atom stereocenters. The minimum Gasteiger partial charge on any atom is -0.494 e. The lowest BCUT2D eigenvalue weighted by molar-refractivity contribution is -0.145. The number of aromatic amines is 1. The maximum atomic E-state index is 11.2. The van der Waals surface area contributed by atoms with Crippen LogP contribution < -0.4 is 9.61 Å². The quantitative estimate of drug-likeness (QED) is 0.793. The van der Waals surface area contributed by atoms with Crippen molar-refractivity contribution < 1.29 is 19.4 Å². The summed E-state index contributed by atoms with van der Waals surface area (Å²) in [5, 5.41) is 9.52. The number of aromatic hydroxyl groups is 1. The second-order valence-electron chi connectivity index (χ2n) is 4.20. The van der Waals surface area contributed by atoms with Crippen LogP contribution in [0.5, 0.6) is 11.6 Å². The van der Waals surface area contributed by atoms with Crippen molar-refractivity contribution >= 4 is 17.3 Å². The lowest BCUT2D eigenvalue weighted by atomic mass is 10.1. The molecule has 2 N–H and O–H groups in total. The number of hydrogen-bond donors (Lipinski definition) is 2. The Balaban J connectivity index is 1.94. The molecule has 0 aliphatic carbocycles. The monoisotopic (exact) mass is 309 g/mol. The number of hydrogen-bond acceptors (Lipinski definition) is 6. The van der Waals surface area contributed by atoms with E-state index >= 15 is 0 Å². The molecule has 1 heterocycles. The van der Waals surface area contributed by atoms with Gasteiger partial charge in [-0.25, -0.2) is 4.79 Å². The first-order valence-corrected chi connectivity index (χ1v) is 7.18. The third kappa shape index (κ3) is 4.35. The summed E-state index contributed by atoms with van der Waals surface area (Å²) in [5.74, 6) is 0.0505. The predicted molar refractivity (Wildman–Crippen MR) is 78.0 cm³/mol. The minimum absolute atomic E-state index is 0.0902. The topological polar surface area (TPSA) is 88.6 Å². The predicted octanol–water partition coefficient (Wildman–Crippen LogP) is 1.67. The van der Waals surface area contributed by atoms with E-state index in [2.05, 4.69) is 4.98 Å². The van der Waals surface area contributed by atoms with E-state index < -0.39 is 5.97 Å². The van der Waals surface area contributed by atoms with E-state index in [1.54, 1.807) is 19.1 Å². The van der Waals surface area contributed by atoms with Crippen molar-refractivity contribution in [2.45, 2.75) is 13.3 Å². The van der Waals surface area contributed by atoms with Gasteiger partial charge in [0.1, 0.15) is 5.75 Å². The maximum absolute atomic E-state index is 11.2. The van der Waals surface area contributed by atoms with Crippen molar-refractivity contribution in [3.63, 3.8) is 0 Å². The molecule has 6 nitrogen and oxygen atoms in total. The number of carbonyl (C=O) groups is 1. The van der Waals surface area contributed by atoms with E-state index in [4.69, 9.17) is 9.47 Å². The first kappa shape index (κ1) is 15.1. The Labute approximate surface area is 125 Å². The van der Waals surface area contributed by atoms with Gasteiger partial charge in [0, 0.05) is 6.42 Å². The van der Waals surface area contributed by atoms with Gasteiger partial charge in [0.2, 0.25) is 5.88 Å². The molecule has 0 aliphatic rings. The second kappa shape index (κ2) is 6.94. The summed E-state index contributed by atoms with van der Waals surface area (Å²) in [4.78, 5) is 24.9. The van der Waals surface area contributed by atoms with Gasteiger partial charge in [0.15, 0.2) is 6.61 Å². The Morgan fingerprint density at radius 1 is 1.33 bits per heavy atom. The molecular formula is C14H15NO5S. The lowest BCUT2D eigenvalue weighted by Gasteiger charge is -2.06. The number of carbonyl (C=O) groups excluding carboxylic acids is 1. The fourth-order valence-corrected chi connectivity index (χ4v) is 2.46. The number of benzene rings is 1. The van der Waals surface area contributed by atoms with Gasteiger partial charge in [-0.3, -0.25) is 9.78 Å². The molecule has 21 heavy (non-hydrogen) atoms. The Morgan fingerprint density at radius 2 is 2.05 bits per heavy atom. The van der Waals surface area contributed by atoms with E-state index in [1.165, 1.54) is 0 Å². The summed E-state index contributed by atoms with van der Waals surface area (Å²) in [6, 6.07) is 7.07. The fourth-order valence-electron chi connectivity index (χ4n) is 1.71. The van der Waals surface area contributed by atoms with Crippen LogP contribution in [0.15, 0.2) is 29.1 Å². The average molecular weight is 309 g/mol. The molecule has 0 amide bonds. The molecule has 0 unspecified atom stereocenters. The second-order valence-corrected chi connectivity index (χ2v) is 5.27. The van der Waals surface area contributed by atoms with Gasteiger partial charge in [-0.15, -0.1) is 0 Å². The largest absolute Gasteiger partial charge is 0.494 e. The Morgan fingerprint density at radius 3 is 2.62 bits per heavy atom. The van der Waals surface area contributed by atoms with Gasteiger partial charge in [-0.1, -0.05) is 23.5 Å². The summed E-state index contributed by atoms with van der Waals surface area (Å²) in [6.45, 7) is 1.93. The minimum atomic E-state index is -0.413. The first-order chi connectivity index (χ1) is 10.1. The van der Waals surface area contributed by atoms with Crippen molar-refractivity contribution in [1.29, 1.82) is 0 Å². The maximum Gasteiger partial charge on any atom is 0.344 e. The van der Waals surface area contributed by atoms with Crippen LogP contribution in [0.2, 0.25) is 0 Å². The van der Waals surface area contributed by atoms with Crippen LogP contribution in [0.1, 0.15) is 17.4 Å². The van der Waals surface area contributed by atoms with Gasteiger partial charge in [-0.05, 0) is 24.6 Å². The molecule has 0 fully saturated rings. The number of esters is 1. The highest BCUT2D eigenvalue weighted by molar-refractivity contribution is 7.09. The summed E-state index contributed by atoms with van der Waals surface area (Å²) in [5.41, 5.74) is 0.920. The normalized spacial score (nSPS) is 10.3. The Hall–Kier alpha value is -2.28. The van der Waals surface area contributed by atoms with Crippen LogP contribution in [0.4, 0.5) is 0 Å². The molecule has 0 saturated heterocycles. The number of ether oxygens (including phenoxy) is 2. The molecule has 0 aliphatic heterocycles. The van der Waals surface area contributed by atoms with Gasteiger partial charge in [-0.2, -0.15) is 0 Å². The smallest absolute Gasteiger partial charge is 0.344 e. The van der Waals surface area contributed by atoms with Crippen LogP contribution in [0.3, 0.4) is 0 Å². The lowest BCUT2D eigenvalue weighted by Crippen LogP contribution is -2.14. The first-order valence-electron chi connectivity index (χ1n) is 6.36. The highest BCUT2D eigenvalue weighted by Gasteiger charge is 2.08. The van der Waals surface area contributed by atoms with E-state index in [1.807, 2.05) is 12.1 Å². The zero-order chi connectivity index (χ0) is 15.2. The van der Waals surface area contributed by atoms with E-state index in [9.17, 15) is 14.7 Å². The van der Waals surface area contributed by atoms with E-state index in [0.29, 0.717) is 23.7 Å². The van der Waals surface area contributed by atoms with Crippen molar-refractivity contribution in [2.24, 2.45) is 0 Å². The van der Waals surface area contributed by atoms with Crippen LogP contribution in [-0.2, 0) is 16.0 Å².